The van der Waals surface area contributed by atoms with Gasteiger partial charge in [-0.15, -0.1) is 0 Å². The van der Waals surface area contributed by atoms with Gasteiger partial charge in [-0.05, 0) is 69.9 Å². The summed E-state index contributed by atoms with van der Waals surface area (Å²) in [6, 6.07) is 5.85. The third-order valence-corrected chi connectivity index (χ3v) is 8.54. The molecule has 8 nitrogen and oxygen atoms in total. The molecule has 1 amide bonds. The Kier molecular flexibility index (Phi) is 7.82. The van der Waals surface area contributed by atoms with Crippen LogP contribution in [0.1, 0.15) is 61.7 Å². The van der Waals surface area contributed by atoms with Crippen molar-refractivity contribution in [3.8, 4) is 0 Å². The molecule has 4 rings (SSSR count). The number of likely N-dealkylation sites (tertiary alicyclic amines) is 1. The first kappa shape index (κ1) is 23.9. The van der Waals surface area contributed by atoms with Crippen LogP contribution in [0, 0.1) is 0 Å². The lowest BCUT2D eigenvalue weighted by molar-refractivity contribution is 0.0953. The van der Waals surface area contributed by atoms with Gasteiger partial charge in [0.25, 0.3) is 5.91 Å². The summed E-state index contributed by atoms with van der Waals surface area (Å²) < 4.78 is 27.7. The van der Waals surface area contributed by atoms with Gasteiger partial charge in [-0.2, -0.15) is 4.31 Å². The van der Waals surface area contributed by atoms with E-state index in [0.717, 1.165) is 45.3 Å². The number of rotatable bonds is 7. The largest absolute Gasteiger partial charge is 0.352 e. The van der Waals surface area contributed by atoms with Crippen LogP contribution in [0.15, 0.2) is 34.0 Å². The van der Waals surface area contributed by atoms with Crippen LogP contribution < -0.4 is 10.9 Å². The molecule has 2 saturated heterocycles. The van der Waals surface area contributed by atoms with Crippen molar-refractivity contribution >= 4 is 26.8 Å². The molecule has 0 unspecified atom stereocenters. The molecule has 9 heteroatoms. The SMILES string of the molecule is O=C(NCCCN1CCCCCC1)c1cc(=O)[nH]c2ccc(S(=O)(=O)N3CCCCC3)cc12. The van der Waals surface area contributed by atoms with E-state index < -0.39 is 10.0 Å². The number of nitrogens with one attached hydrogen (secondary N) is 2. The zero-order valence-electron chi connectivity index (χ0n) is 19.1. The monoisotopic (exact) mass is 474 g/mol. The fourth-order valence-corrected chi connectivity index (χ4v) is 6.34. The third kappa shape index (κ3) is 5.83. The Morgan fingerprint density at radius 3 is 2.33 bits per heavy atom. The molecule has 2 aromatic rings. The third-order valence-electron chi connectivity index (χ3n) is 6.65. The van der Waals surface area contributed by atoms with E-state index in [0.29, 0.717) is 30.5 Å². The molecule has 0 saturated carbocycles. The number of carbonyl (C=O) groups is 1. The molecule has 2 N–H and O–H groups in total. The molecule has 2 aliphatic heterocycles. The van der Waals surface area contributed by atoms with Crippen LogP contribution >= 0.6 is 0 Å². The summed E-state index contributed by atoms with van der Waals surface area (Å²) in [5, 5.41) is 3.36. The van der Waals surface area contributed by atoms with E-state index in [9.17, 15) is 18.0 Å². The number of hydrogen-bond acceptors (Lipinski definition) is 5. The number of H-pyrrole nitrogens is 1. The summed E-state index contributed by atoms with van der Waals surface area (Å²) in [6.07, 6.45) is 8.61. The molecule has 0 spiro atoms. The van der Waals surface area contributed by atoms with Crippen LogP contribution in [0.3, 0.4) is 0 Å². The minimum absolute atomic E-state index is 0.152. The zero-order valence-corrected chi connectivity index (χ0v) is 20.0. The number of fused-ring (bicyclic) bond motifs is 1. The summed E-state index contributed by atoms with van der Waals surface area (Å²) in [7, 11) is -3.64. The number of pyridine rings is 1. The lowest BCUT2D eigenvalue weighted by Crippen LogP contribution is -2.35. The standard InChI is InChI=1S/C24H34N4O4S/c29-23-18-21(24(30)25-11-8-14-27-12-4-1-2-5-13-27)20-17-19(9-10-22(20)26-23)33(31,32)28-15-6-3-7-16-28/h9-10,17-18H,1-8,11-16H2,(H,25,30)(H,26,29). The first-order valence-electron chi connectivity index (χ1n) is 12.1. The lowest BCUT2D eigenvalue weighted by atomic mass is 10.1. The number of nitrogens with zero attached hydrogens (tertiary/aromatic N) is 2. The Morgan fingerprint density at radius 1 is 0.939 bits per heavy atom. The molecule has 2 aliphatic rings. The van der Waals surface area contributed by atoms with Crippen molar-refractivity contribution in [3.05, 3.63) is 40.2 Å². The minimum atomic E-state index is -3.64. The summed E-state index contributed by atoms with van der Waals surface area (Å²) >= 11 is 0. The van der Waals surface area contributed by atoms with Gasteiger partial charge in [-0.25, -0.2) is 8.42 Å². The second kappa shape index (κ2) is 10.8. The van der Waals surface area contributed by atoms with Crippen molar-refractivity contribution in [1.29, 1.82) is 0 Å². The van der Waals surface area contributed by atoms with E-state index in [1.54, 1.807) is 6.07 Å². The number of sulfonamides is 1. The molecule has 0 bridgehead atoms. The number of aromatic nitrogens is 1. The highest BCUT2D eigenvalue weighted by atomic mass is 32.2. The zero-order chi connectivity index (χ0) is 23.3. The number of piperidine rings is 1. The number of carbonyl (C=O) groups excluding carboxylic acids is 1. The summed E-state index contributed by atoms with van der Waals surface area (Å²) in [5.41, 5.74) is 0.276. The highest BCUT2D eigenvalue weighted by molar-refractivity contribution is 7.89. The van der Waals surface area contributed by atoms with Crippen LogP contribution in [-0.2, 0) is 10.0 Å². The summed E-state index contributed by atoms with van der Waals surface area (Å²) in [4.78, 5) is 30.4. The maximum absolute atomic E-state index is 13.1. The molecule has 2 fully saturated rings. The maximum Gasteiger partial charge on any atom is 0.252 e. The minimum Gasteiger partial charge on any atom is -0.352 e. The van der Waals surface area contributed by atoms with Gasteiger partial charge in [0.15, 0.2) is 0 Å². The molecular formula is C24H34N4O4S. The van der Waals surface area contributed by atoms with Gasteiger partial charge in [0, 0.05) is 36.6 Å². The van der Waals surface area contributed by atoms with E-state index in [-0.39, 0.29) is 21.9 Å². The highest BCUT2D eigenvalue weighted by Crippen LogP contribution is 2.25. The van der Waals surface area contributed by atoms with Gasteiger partial charge < -0.3 is 15.2 Å². The normalized spacial score (nSPS) is 18.8. The first-order valence-corrected chi connectivity index (χ1v) is 13.6. The Bertz CT molecular complexity index is 1130. The molecule has 0 radical (unpaired) electrons. The topological polar surface area (TPSA) is 103 Å². The molecular weight excluding hydrogens is 440 g/mol. The average Bonchev–Trinajstić information content (AvgIpc) is 3.10. The van der Waals surface area contributed by atoms with E-state index in [1.807, 2.05) is 0 Å². The highest BCUT2D eigenvalue weighted by Gasteiger charge is 2.26. The van der Waals surface area contributed by atoms with E-state index in [1.165, 1.54) is 48.2 Å². The van der Waals surface area contributed by atoms with Crippen LogP contribution in [0.4, 0.5) is 0 Å². The number of aromatic amines is 1. The van der Waals surface area contributed by atoms with Crippen molar-refractivity contribution < 1.29 is 13.2 Å². The second-order valence-electron chi connectivity index (χ2n) is 9.08. The maximum atomic E-state index is 13.1. The fourth-order valence-electron chi connectivity index (χ4n) is 4.80. The predicted molar refractivity (Wildman–Crippen MR) is 129 cm³/mol. The summed E-state index contributed by atoms with van der Waals surface area (Å²) in [6.45, 7) is 4.69. The lowest BCUT2D eigenvalue weighted by Gasteiger charge is -2.26. The van der Waals surface area contributed by atoms with Gasteiger partial charge >= 0.3 is 0 Å². The molecule has 0 aliphatic carbocycles. The van der Waals surface area contributed by atoms with Crippen molar-refractivity contribution in [2.24, 2.45) is 0 Å². The van der Waals surface area contributed by atoms with Gasteiger partial charge in [0.1, 0.15) is 0 Å². The smallest absolute Gasteiger partial charge is 0.252 e. The quantitative estimate of drug-likeness (QED) is 0.601. The number of hydrogen-bond donors (Lipinski definition) is 2. The predicted octanol–water partition coefficient (Wildman–Crippen LogP) is 2.70. The molecule has 0 atom stereocenters. The molecule has 3 heterocycles. The molecule has 1 aromatic carbocycles. The number of amides is 1. The Balaban J connectivity index is 1.49. The van der Waals surface area contributed by atoms with Gasteiger partial charge in [-0.1, -0.05) is 19.3 Å². The Labute approximate surface area is 195 Å². The van der Waals surface area contributed by atoms with Crippen molar-refractivity contribution in [3.63, 3.8) is 0 Å². The van der Waals surface area contributed by atoms with Gasteiger partial charge in [0.05, 0.1) is 10.5 Å². The van der Waals surface area contributed by atoms with Crippen LogP contribution in [0.2, 0.25) is 0 Å². The van der Waals surface area contributed by atoms with Crippen LogP contribution in [0.25, 0.3) is 10.9 Å². The Morgan fingerprint density at radius 2 is 1.61 bits per heavy atom. The van der Waals surface area contributed by atoms with E-state index in [2.05, 4.69) is 15.2 Å². The van der Waals surface area contributed by atoms with E-state index >= 15 is 0 Å². The van der Waals surface area contributed by atoms with Gasteiger partial charge in [-0.3, -0.25) is 9.59 Å². The second-order valence-corrected chi connectivity index (χ2v) is 11.0. The average molecular weight is 475 g/mol. The Hall–Kier alpha value is -2.23. The molecule has 1 aromatic heterocycles. The molecule has 180 valence electrons. The van der Waals surface area contributed by atoms with Crippen LogP contribution in [-0.4, -0.2) is 67.8 Å². The van der Waals surface area contributed by atoms with Crippen molar-refractivity contribution in [2.45, 2.75) is 56.3 Å². The van der Waals surface area contributed by atoms with Crippen molar-refractivity contribution in [2.75, 3.05) is 39.3 Å². The van der Waals surface area contributed by atoms with E-state index in [4.69, 9.17) is 0 Å². The van der Waals surface area contributed by atoms with Gasteiger partial charge in [0.2, 0.25) is 15.6 Å². The summed E-state index contributed by atoms with van der Waals surface area (Å²) in [5.74, 6) is -0.352. The van der Waals surface area contributed by atoms with Crippen LogP contribution in [0.5, 0.6) is 0 Å². The molecule has 33 heavy (non-hydrogen) atoms. The number of benzene rings is 1. The van der Waals surface area contributed by atoms with Crippen molar-refractivity contribution in [1.82, 2.24) is 19.5 Å². The first-order chi connectivity index (χ1) is 15.9. The fraction of sp³-hybridized carbons (Fsp3) is 0.583.